The number of hydrogen-bond donors (Lipinski definition) is 3. The van der Waals surface area contributed by atoms with E-state index in [2.05, 4.69) is 10.6 Å². The molecule has 0 aliphatic rings. The van der Waals surface area contributed by atoms with Gasteiger partial charge in [0.25, 0.3) is 0 Å². The molecule has 0 saturated heterocycles. The number of anilines is 1. The quantitative estimate of drug-likeness (QED) is 0.797. The van der Waals surface area contributed by atoms with Crippen LogP contribution in [-0.2, 0) is 0 Å². The van der Waals surface area contributed by atoms with Gasteiger partial charge in [0.15, 0.2) is 0 Å². The minimum Gasteiger partial charge on any atom is -0.478 e. The second-order valence-electron chi connectivity index (χ2n) is 3.50. The van der Waals surface area contributed by atoms with E-state index in [0.29, 0.717) is 6.54 Å². The third-order valence-corrected chi connectivity index (χ3v) is 2.66. The van der Waals surface area contributed by atoms with Gasteiger partial charge >= 0.3 is 12.0 Å². The summed E-state index contributed by atoms with van der Waals surface area (Å²) in [7, 11) is 0. The number of hydrogen-bond acceptors (Lipinski definition) is 2. The van der Waals surface area contributed by atoms with E-state index in [1.165, 1.54) is 12.1 Å². The zero-order valence-corrected chi connectivity index (χ0v) is 11.1. The van der Waals surface area contributed by atoms with Crippen LogP contribution in [0.5, 0.6) is 0 Å². The number of urea groups is 1. The second-order valence-corrected chi connectivity index (χ2v) is 4.32. The Kier molecular flexibility index (Phi) is 5.25. The first-order chi connectivity index (χ1) is 8.45. The first kappa shape index (κ1) is 14.6. The number of amides is 2. The van der Waals surface area contributed by atoms with Crippen molar-refractivity contribution in [2.45, 2.75) is 13.3 Å². The van der Waals surface area contributed by atoms with Crippen LogP contribution in [0.15, 0.2) is 12.1 Å². The molecule has 1 aromatic rings. The molecule has 0 heterocycles. The molecule has 1 rings (SSSR count). The average molecular weight is 291 g/mol. The Morgan fingerprint density at radius 1 is 1.28 bits per heavy atom. The zero-order valence-electron chi connectivity index (χ0n) is 9.59. The molecule has 0 spiro atoms. The molecule has 0 atom stereocenters. The van der Waals surface area contributed by atoms with Gasteiger partial charge in [-0.25, -0.2) is 9.59 Å². The Morgan fingerprint density at radius 2 is 1.83 bits per heavy atom. The molecule has 0 aromatic heterocycles. The lowest BCUT2D eigenvalue weighted by atomic mass is 10.2. The van der Waals surface area contributed by atoms with Crippen LogP contribution in [0.2, 0.25) is 10.0 Å². The van der Waals surface area contributed by atoms with E-state index in [4.69, 9.17) is 28.3 Å². The largest absolute Gasteiger partial charge is 0.478 e. The SMILES string of the molecule is CCCNC(=O)Nc1c(Cl)cc(C(=O)O)cc1Cl. The molecule has 0 bridgehead atoms. The van der Waals surface area contributed by atoms with Crippen molar-refractivity contribution in [3.05, 3.63) is 27.7 Å². The predicted octanol–water partition coefficient (Wildman–Crippen LogP) is 3.22. The van der Waals surface area contributed by atoms with E-state index >= 15 is 0 Å². The average Bonchev–Trinajstić information content (AvgIpc) is 2.30. The summed E-state index contributed by atoms with van der Waals surface area (Å²) >= 11 is 11.7. The summed E-state index contributed by atoms with van der Waals surface area (Å²) < 4.78 is 0. The van der Waals surface area contributed by atoms with E-state index in [-0.39, 0.29) is 21.3 Å². The molecule has 0 unspecified atom stereocenters. The highest BCUT2D eigenvalue weighted by molar-refractivity contribution is 6.40. The lowest BCUT2D eigenvalue weighted by Crippen LogP contribution is -2.29. The number of nitrogens with one attached hydrogen (secondary N) is 2. The maximum atomic E-state index is 11.4. The van der Waals surface area contributed by atoms with Crippen LogP contribution in [0, 0.1) is 0 Å². The normalized spacial score (nSPS) is 9.94. The van der Waals surface area contributed by atoms with Crippen LogP contribution in [-0.4, -0.2) is 23.7 Å². The lowest BCUT2D eigenvalue weighted by Gasteiger charge is -2.10. The number of halogens is 2. The zero-order chi connectivity index (χ0) is 13.7. The lowest BCUT2D eigenvalue weighted by molar-refractivity contribution is 0.0697. The molecule has 0 fully saturated rings. The third-order valence-electron chi connectivity index (χ3n) is 2.06. The molecular weight excluding hydrogens is 279 g/mol. The fourth-order valence-corrected chi connectivity index (χ4v) is 1.79. The van der Waals surface area contributed by atoms with Crippen molar-refractivity contribution in [2.75, 3.05) is 11.9 Å². The summed E-state index contributed by atoms with van der Waals surface area (Å²) in [6.07, 6.45) is 0.798. The monoisotopic (exact) mass is 290 g/mol. The van der Waals surface area contributed by atoms with Gasteiger partial charge in [-0.3, -0.25) is 0 Å². The fraction of sp³-hybridized carbons (Fsp3) is 0.273. The summed E-state index contributed by atoms with van der Waals surface area (Å²) in [5.41, 5.74) is 0.154. The van der Waals surface area contributed by atoms with Crippen LogP contribution in [0.1, 0.15) is 23.7 Å². The highest BCUT2D eigenvalue weighted by atomic mass is 35.5. The van der Waals surface area contributed by atoms with E-state index in [1.54, 1.807) is 0 Å². The van der Waals surface area contributed by atoms with Gasteiger partial charge in [-0.2, -0.15) is 0 Å². The maximum Gasteiger partial charge on any atom is 0.335 e. The minimum atomic E-state index is -1.14. The van der Waals surface area contributed by atoms with Gasteiger partial charge in [-0.1, -0.05) is 30.1 Å². The van der Waals surface area contributed by atoms with Gasteiger partial charge in [0.2, 0.25) is 0 Å². The molecule has 18 heavy (non-hydrogen) atoms. The van der Waals surface area contributed by atoms with E-state index in [1.807, 2.05) is 6.92 Å². The second kappa shape index (κ2) is 6.47. The van der Waals surface area contributed by atoms with E-state index in [0.717, 1.165) is 6.42 Å². The molecule has 2 amide bonds. The van der Waals surface area contributed by atoms with Crippen molar-refractivity contribution < 1.29 is 14.7 Å². The smallest absolute Gasteiger partial charge is 0.335 e. The fourth-order valence-electron chi connectivity index (χ4n) is 1.21. The van der Waals surface area contributed by atoms with Gasteiger partial charge in [-0.15, -0.1) is 0 Å². The number of carboxylic acids is 1. The molecule has 1 aromatic carbocycles. The summed E-state index contributed by atoms with van der Waals surface area (Å²) in [6, 6.07) is 2.01. The molecular formula is C11H12Cl2N2O3. The molecule has 0 aliphatic carbocycles. The van der Waals surface area contributed by atoms with Crippen LogP contribution < -0.4 is 10.6 Å². The summed E-state index contributed by atoms with van der Waals surface area (Å²) in [4.78, 5) is 22.2. The van der Waals surface area contributed by atoms with E-state index in [9.17, 15) is 9.59 Å². The molecule has 3 N–H and O–H groups in total. The molecule has 98 valence electrons. The minimum absolute atomic E-state index is 0.0375. The number of carboxylic acid groups (broad SMARTS) is 1. The van der Waals surface area contributed by atoms with Gasteiger partial charge in [0.1, 0.15) is 0 Å². The van der Waals surface area contributed by atoms with Crippen LogP contribution in [0.3, 0.4) is 0 Å². The highest BCUT2D eigenvalue weighted by Gasteiger charge is 2.14. The van der Waals surface area contributed by atoms with Gasteiger partial charge in [0, 0.05) is 6.54 Å². The molecule has 0 aliphatic heterocycles. The Bertz CT molecular complexity index is 454. The standard InChI is InChI=1S/C11H12Cl2N2O3/c1-2-3-14-11(18)15-9-7(12)4-6(10(16)17)5-8(9)13/h4-5H,2-3H2,1H3,(H,16,17)(H2,14,15,18). The van der Waals surface area contributed by atoms with Crippen molar-refractivity contribution in [1.29, 1.82) is 0 Å². The Hall–Kier alpha value is -1.46. The van der Waals surface area contributed by atoms with Crippen molar-refractivity contribution in [1.82, 2.24) is 5.32 Å². The summed E-state index contributed by atoms with van der Waals surface area (Å²) in [5.74, 6) is -1.14. The topological polar surface area (TPSA) is 78.4 Å². The van der Waals surface area contributed by atoms with Crippen molar-refractivity contribution in [3.63, 3.8) is 0 Å². The van der Waals surface area contributed by atoms with Gasteiger partial charge in [0.05, 0.1) is 21.3 Å². The number of rotatable bonds is 4. The van der Waals surface area contributed by atoms with Crippen molar-refractivity contribution in [2.24, 2.45) is 0 Å². The molecule has 5 nitrogen and oxygen atoms in total. The summed E-state index contributed by atoms with van der Waals surface area (Å²) in [5, 5.41) is 14.0. The molecule has 7 heteroatoms. The number of carbonyl (C=O) groups excluding carboxylic acids is 1. The number of benzene rings is 1. The highest BCUT2D eigenvalue weighted by Crippen LogP contribution is 2.31. The number of carbonyl (C=O) groups is 2. The first-order valence-corrected chi connectivity index (χ1v) is 5.98. The van der Waals surface area contributed by atoms with Gasteiger partial charge in [-0.05, 0) is 18.6 Å². The van der Waals surface area contributed by atoms with Crippen molar-refractivity contribution in [3.8, 4) is 0 Å². The Morgan fingerprint density at radius 3 is 2.28 bits per heavy atom. The predicted molar refractivity (Wildman–Crippen MR) is 70.7 cm³/mol. The Balaban J connectivity index is 2.90. The Labute approximate surface area is 114 Å². The number of aromatic carboxylic acids is 1. The molecule has 0 saturated carbocycles. The van der Waals surface area contributed by atoms with Crippen LogP contribution in [0.25, 0.3) is 0 Å². The van der Waals surface area contributed by atoms with Gasteiger partial charge < -0.3 is 15.7 Å². The van der Waals surface area contributed by atoms with Crippen LogP contribution >= 0.6 is 23.2 Å². The first-order valence-electron chi connectivity index (χ1n) is 5.23. The maximum absolute atomic E-state index is 11.4. The van der Waals surface area contributed by atoms with E-state index < -0.39 is 12.0 Å². The third kappa shape index (κ3) is 3.78. The summed E-state index contributed by atoms with van der Waals surface area (Å²) in [6.45, 7) is 2.44. The van der Waals surface area contributed by atoms with Crippen molar-refractivity contribution >= 4 is 40.9 Å². The van der Waals surface area contributed by atoms with Crippen LogP contribution in [0.4, 0.5) is 10.5 Å². The molecule has 0 radical (unpaired) electrons.